The summed E-state index contributed by atoms with van der Waals surface area (Å²) >= 11 is 11.9. The number of amides is 1. The van der Waals surface area contributed by atoms with Gasteiger partial charge in [0.1, 0.15) is 5.52 Å². The number of hydrogen-bond acceptors (Lipinski definition) is 3. The van der Waals surface area contributed by atoms with Crippen molar-refractivity contribution in [2.45, 2.75) is 6.54 Å². The van der Waals surface area contributed by atoms with E-state index >= 15 is 0 Å². The van der Waals surface area contributed by atoms with Gasteiger partial charge >= 0.3 is 0 Å². The molecule has 2 aromatic carbocycles. The maximum absolute atomic E-state index is 12.3. The van der Waals surface area contributed by atoms with Crippen molar-refractivity contribution < 1.29 is 9.90 Å². The number of halogens is 2. The molecule has 4 nitrogen and oxygen atoms in total. The quantitative estimate of drug-likeness (QED) is 0.747. The highest BCUT2D eigenvalue weighted by molar-refractivity contribution is 6.35. The molecule has 23 heavy (non-hydrogen) atoms. The molecule has 0 radical (unpaired) electrons. The van der Waals surface area contributed by atoms with Crippen molar-refractivity contribution in [3.63, 3.8) is 0 Å². The van der Waals surface area contributed by atoms with Gasteiger partial charge in [-0.2, -0.15) is 0 Å². The third kappa shape index (κ3) is 3.23. The molecule has 3 aromatic rings. The number of phenols is 1. The number of nitrogens with one attached hydrogen (secondary N) is 1. The topological polar surface area (TPSA) is 62.2 Å². The van der Waals surface area contributed by atoms with E-state index in [0.717, 1.165) is 10.9 Å². The largest absolute Gasteiger partial charge is 0.505 e. The molecule has 0 atom stereocenters. The molecule has 0 aliphatic rings. The van der Waals surface area contributed by atoms with Crippen LogP contribution in [0.25, 0.3) is 10.9 Å². The van der Waals surface area contributed by atoms with Crippen LogP contribution in [0.5, 0.6) is 5.75 Å². The zero-order chi connectivity index (χ0) is 16.4. The fourth-order valence-electron chi connectivity index (χ4n) is 2.25. The first-order chi connectivity index (χ1) is 11.1. The van der Waals surface area contributed by atoms with Crippen LogP contribution in [0, 0.1) is 0 Å². The number of carbonyl (C=O) groups excluding carboxylic acids is 1. The van der Waals surface area contributed by atoms with E-state index in [4.69, 9.17) is 23.2 Å². The van der Waals surface area contributed by atoms with Crippen LogP contribution in [0.15, 0.2) is 48.7 Å². The second-order valence-electron chi connectivity index (χ2n) is 4.96. The molecule has 1 heterocycles. The fourth-order valence-corrected chi connectivity index (χ4v) is 2.72. The van der Waals surface area contributed by atoms with Crippen LogP contribution in [0.3, 0.4) is 0 Å². The molecule has 0 aliphatic carbocycles. The minimum Gasteiger partial charge on any atom is -0.505 e. The van der Waals surface area contributed by atoms with Crippen molar-refractivity contribution in [3.05, 3.63) is 69.8 Å². The van der Waals surface area contributed by atoms with Gasteiger partial charge in [-0.3, -0.25) is 9.78 Å². The molecule has 6 heteroatoms. The molecule has 0 bridgehead atoms. The van der Waals surface area contributed by atoms with Gasteiger partial charge in [-0.1, -0.05) is 41.4 Å². The third-order valence-electron chi connectivity index (χ3n) is 3.45. The maximum Gasteiger partial charge on any atom is 0.255 e. The van der Waals surface area contributed by atoms with Crippen molar-refractivity contribution in [2.75, 3.05) is 0 Å². The Kier molecular flexibility index (Phi) is 4.37. The summed E-state index contributed by atoms with van der Waals surface area (Å²) in [4.78, 5) is 16.4. The van der Waals surface area contributed by atoms with E-state index < -0.39 is 5.91 Å². The first kappa shape index (κ1) is 15.6. The number of carbonyl (C=O) groups is 1. The summed E-state index contributed by atoms with van der Waals surface area (Å²) < 4.78 is 0. The van der Waals surface area contributed by atoms with Gasteiger partial charge in [0.05, 0.1) is 5.56 Å². The molecule has 0 unspecified atom stereocenters. The molecule has 0 aliphatic heterocycles. The Balaban J connectivity index is 1.82. The summed E-state index contributed by atoms with van der Waals surface area (Å²) in [6.07, 6.45) is 1.57. The summed E-state index contributed by atoms with van der Waals surface area (Å²) in [5.41, 5.74) is 1.30. The number of hydrogen-bond donors (Lipinski definition) is 2. The Bertz CT molecular complexity index is 897. The third-order valence-corrected chi connectivity index (χ3v) is 4.03. The Labute approximate surface area is 142 Å². The molecule has 2 N–H and O–H groups in total. The van der Waals surface area contributed by atoms with Gasteiger partial charge in [0.25, 0.3) is 5.91 Å². The van der Waals surface area contributed by atoms with Crippen molar-refractivity contribution >= 4 is 40.0 Å². The lowest BCUT2D eigenvalue weighted by Gasteiger charge is -2.09. The minimum atomic E-state index is -0.402. The lowest BCUT2D eigenvalue weighted by Crippen LogP contribution is -2.23. The first-order valence-corrected chi connectivity index (χ1v) is 7.60. The molecular formula is C17H12Cl2N2O2. The van der Waals surface area contributed by atoms with Gasteiger partial charge in [0.15, 0.2) is 5.75 Å². The van der Waals surface area contributed by atoms with Gasteiger partial charge in [0.2, 0.25) is 0 Å². The smallest absolute Gasteiger partial charge is 0.255 e. The Morgan fingerprint density at radius 3 is 2.78 bits per heavy atom. The average Bonchev–Trinajstić information content (AvgIpc) is 2.54. The van der Waals surface area contributed by atoms with E-state index in [9.17, 15) is 9.90 Å². The van der Waals surface area contributed by atoms with Crippen LogP contribution in [0.1, 0.15) is 15.9 Å². The Hall–Kier alpha value is -2.30. The second kappa shape index (κ2) is 6.44. The second-order valence-corrected chi connectivity index (χ2v) is 5.80. The minimum absolute atomic E-state index is 0.136. The highest BCUT2D eigenvalue weighted by Crippen LogP contribution is 2.27. The number of rotatable bonds is 3. The highest BCUT2D eigenvalue weighted by atomic mass is 35.5. The molecule has 0 saturated carbocycles. The van der Waals surface area contributed by atoms with Gasteiger partial charge in [0, 0.05) is 28.2 Å². The van der Waals surface area contributed by atoms with Crippen LogP contribution in [-0.4, -0.2) is 16.0 Å². The fraction of sp³-hybridized carbons (Fsp3) is 0.0588. The molecule has 0 spiro atoms. The zero-order valence-corrected chi connectivity index (χ0v) is 13.4. The van der Waals surface area contributed by atoms with Gasteiger partial charge in [-0.05, 0) is 29.8 Å². The molecule has 1 amide bonds. The van der Waals surface area contributed by atoms with Gasteiger partial charge in [-0.25, -0.2) is 0 Å². The normalized spacial score (nSPS) is 10.7. The zero-order valence-electron chi connectivity index (χ0n) is 11.9. The van der Waals surface area contributed by atoms with E-state index in [1.165, 1.54) is 0 Å². The predicted molar refractivity (Wildman–Crippen MR) is 91.0 cm³/mol. The number of pyridine rings is 1. The maximum atomic E-state index is 12.3. The van der Waals surface area contributed by atoms with Crippen molar-refractivity contribution in [3.8, 4) is 5.75 Å². The molecular weight excluding hydrogens is 335 g/mol. The van der Waals surface area contributed by atoms with E-state index in [2.05, 4.69) is 10.3 Å². The van der Waals surface area contributed by atoms with Crippen LogP contribution in [-0.2, 0) is 6.54 Å². The molecule has 1 aromatic heterocycles. The van der Waals surface area contributed by atoms with Crippen molar-refractivity contribution in [1.82, 2.24) is 10.3 Å². The molecule has 3 rings (SSSR count). The number of aromatic hydroxyl groups is 1. The van der Waals surface area contributed by atoms with Crippen LogP contribution >= 0.6 is 23.2 Å². The average molecular weight is 347 g/mol. The predicted octanol–water partition coefficient (Wildman–Crippen LogP) is 4.18. The van der Waals surface area contributed by atoms with E-state index in [-0.39, 0.29) is 17.9 Å². The van der Waals surface area contributed by atoms with E-state index in [1.54, 1.807) is 42.6 Å². The summed E-state index contributed by atoms with van der Waals surface area (Å²) in [6, 6.07) is 12.0. The van der Waals surface area contributed by atoms with Crippen molar-refractivity contribution in [2.24, 2.45) is 0 Å². The lowest BCUT2D eigenvalue weighted by molar-refractivity contribution is 0.0948. The highest BCUT2D eigenvalue weighted by Gasteiger charge is 2.14. The first-order valence-electron chi connectivity index (χ1n) is 6.85. The summed E-state index contributed by atoms with van der Waals surface area (Å²) in [6.45, 7) is 0.231. The molecule has 0 saturated heterocycles. The number of phenolic OH excluding ortho intramolecular Hbond substituents is 1. The number of nitrogens with zero attached hydrogens (tertiary/aromatic N) is 1. The van der Waals surface area contributed by atoms with Gasteiger partial charge < -0.3 is 10.4 Å². The van der Waals surface area contributed by atoms with Crippen LogP contribution in [0.4, 0.5) is 0 Å². The SMILES string of the molecule is O=C(NCc1ccc(Cl)cc1Cl)c1ccc2cccnc2c1O. The Morgan fingerprint density at radius 1 is 1.17 bits per heavy atom. The summed E-state index contributed by atoms with van der Waals surface area (Å²) in [5, 5.41) is 14.7. The van der Waals surface area contributed by atoms with Gasteiger partial charge in [-0.15, -0.1) is 0 Å². The number of aromatic nitrogens is 1. The molecule has 116 valence electrons. The van der Waals surface area contributed by atoms with Crippen LogP contribution in [0.2, 0.25) is 10.0 Å². The standard InChI is InChI=1S/C17H12Cl2N2O2/c18-12-5-3-11(14(19)8-12)9-21-17(23)13-6-4-10-2-1-7-20-15(10)16(13)22/h1-8,22H,9H2,(H,21,23). The summed E-state index contributed by atoms with van der Waals surface area (Å²) in [7, 11) is 0. The monoisotopic (exact) mass is 346 g/mol. The molecule has 0 fully saturated rings. The lowest BCUT2D eigenvalue weighted by atomic mass is 10.1. The Morgan fingerprint density at radius 2 is 2.00 bits per heavy atom. The summed E-state index contributed by atoms with van der Waals surface area (Å²) in [5.74, 6) is -0.538. The van der Waals surface area contributed by atoms with E-state index in [0.29, 0.717) is 15.6 Å². The van der Waals surface area contributed by atoms with Crippen LogP contribution < -0.4 is 5.32 Å². The number of fused-ring (bicyclic) bond motifs is 1. The van der Waals surface area contributed by atoms with Crippen molar-refractivity contribution in [1.29, 1.82) is 0 Å². The van der Waals surface area contributed by atoms with E-state index in [1.807, 2.05) is 6.07 Å². The number of benzene rings is 2.